The molecule has 0 aromatic rings. The highest BCUT2D eigenvalue weighted by Gasteiger charge is 2.20. The predicted molar refractivity (Wildman–Crippen MR) is 81.6 cm³/mol. The van der Waals surface area contributed by atoms with Gasteiger partial charge in [0.15, 0.2) is 0 Å². The second kappa shape index (κ2) is 8.80. The van der Waals surface area contributed by atoms with E-state index in [9.17, 15) is 4.79 Å². The maximum Gasteiger partial charge on any atom is 0.220 e. The van der Waals surface area contributed by atoms with E-state index in [0.29, 0.717) is 6.42 Å². The van der Waals surface area contributed by atoms with E-state index in [4.69, 9.17) is 0 Å². The number of hydrogen-bond acceptors (Lipinski definition) is 2. The van der Waals surface area contributed by atoms with Crippen molar-refractivity contribution < 1.29 is 4.79 Å². The van der Waals surface area contributed by atoms with Crippen LogP contribution in [0.15, 0.2) is 0 Å². The van der Waals surface area contributed by atoms with E-state index in [1.54, 1.807) is 0 Å². The molecule has 2 N–H and O–H groups in total. The molecule has 1 heterocycles. The third-order valence-corrected chi connectivity index (χ3v) is 4.57. The second-order valence-corrected chi connectivity index (χ2v) is 6.34. The summed E-state index contributed by atoms with van der Waals surface area (Å²) in [5.41, 5.74) is 0. The van der Waals surface area contributed by atoms with Crippen LogP contribution in [0.5, 0.6) is 0 Å². The van der Waals surface area contributed by atoms with Gasteiger partial charge in [-0.1, -0.05) is 19.8 Å². The zero-order valence-corrected chi connectivity index (χ0v) is 12.9. The number of carbonyl (C=O) groups excluding carboxylic acids is 1. The Bertz CT molecular complexity index is 267. The Kier molecular flexibility index (Phi) is 7.77. The smallest absolute Gasteiger partial charge is 0.220 e. The minimum Gasteiger partial charge on any atom is -0.356 e. The lowest BCUT2D eigenvalue weighted by Gasteiger charge is -2.26. The fourth-order valence-electron chi connectivity index (χ4n) is 3.39. The number of hydrogen-bond donors (Lipinski definition) is 2. The van der Waals surface area contributed by atoms with Gasteiger partial charge in [-0.25, -0.2) is 0 Å². The van der Waals surface area contributed by atoms with Crippen LogP contribution in [0.3, 0.4) is 0 Å². The Morgan fingerprint density at radius 3 is 2.79 bits per heavy atom. The molecule has 1 amide bonds. The SMILES string of the molecule is CC1CCCC(CNC(=O)CCC2CCNC2)C1.Cl. The molecule has 2 rings (SSSR count). The van der Waals surface area contributed by atoms with Crippen molar-refractivity contribution in [1.82, 2.24) is 10.6 Å². The van der Waals surface area contributed by atoms with Gasteiger partial charge >= 0.3 is 0 Å². The number of halogens is 1. The molecule has 1 aliphatic heterocycles. The maximum absolute atomic E-state index is 11.8. The van der Waals surface area contributed by atoms with Gasteiger partial charge in [-0.3, -0.25) is 4.79 Å². The molecule has 19 heavy (non-hydrogen) atoms. The number of rotatable bonds is 5. The molecule has 0 bridgehead atoms. The molecule has 112 valence electrons. The molecular weight excluding hydrogens is 260 g/mol. The predicted octanol–water partition coefficient (Wildman–Crippen LogP) is 2.74. The molecule has 4 heteroatoms. The minimum absolute atomic E-state index is 0. The van der Waals surface area contributed by atoms with E-state index in [0.717, 1.165) is 43.8 Å². The second-order valence-electron chi connectivity index (χ2n) is 6.34. The van der Waals surface area contributed by atoms with E-state index >= 15 is 0 Å². The molecule has 3 nitrogen and oxygen atoms in total. The van der Waals surface area contributed by atoms with E-state index in [1.807, 2.05) is 0 Å². The molecule has 1 aliphatic carbocycles. The van der Waals surface area contributed by atoms with Gasteiger partial charge in [0.05, 0.1) is 0 Å². The third kappa shape index (κ3) is 6.13. The molecule has 0 radical (unpaired) electrons. The summed E-state index contributed by atoms with van der Waals surface area (Å²) in [7, 11) is 0. The van der Waals surface area contributed by atoms with Gasteiger partial charge < -0.3 is 10.6 Å². The Balaban J connectivity index is 0.00000180. The Labute approximate surface area is 123 Å². The highest BCUT2D eigenvalue weighted by atomic mass is 35.5. The summed E-state index contributed by atoms with van der Waals surface area (Å²) in [5.74, 6) is 2.57. The average molecular weight is 289 g/mol. The molecule has 2 fully saturated rings. The van der Waals surface area contributed by atoms with Crippen molar-refractivity contribution in [2.75, 3.05) is 19.6 Å². The lowest BCUT2D eigenvalue weighted by Crippen LogP contribution is -2.31. The highest BCUT2D eigenvalue weighted by molar-refractivity contribution is 5.85. The van der Waals surface area contributed by atoms with Gasteiger partial charge in [-0.2, -0.15) is 0 Å². The summed E-state index contributed by atoms with van der Waals surface area (Å²) in [6.45, 7) is 5.48. The maximum atomic E-state index is 11.8. The van der Waals surface area contributed by atoms with E-state index in [2.05, 4.69) is 17.6 Å². The number of carbonyl (C=O) groups is 1. The van der Waals surface area contributed by atoms with Crippen LogP contribution in [0, 0.1) is 17.8 Å². The molecule has 1 saturated heterocycles. The first kappa shape index (κ1) is 16.8. The van der Waals surface area contributed by atoms with Crippen LogP contribution >= 0.6 is 12.4 Å². The van der Waals surface area contributed by atoms with Crippen LogP contribution in [-0.2, 0) is 4.79 Å². The molecule has 3 atom stereocenters. The summed E-state index contributed by atoms with van der Waals surface area (Å²) in [5, 5.41) is 6.49. The van der Waals surface area contributed by atoms with Gasteiger partial charge in [-0.05, 0) is 56.5 Å². The Hall–Kier alpha value is -0.280. The van der Waals surface area contributed by atoms with Crippen LogP contribution < -0.4 is 10.6 Å². The Morgan fingerprint density at radius 2 is 2.11 bits per heavy atom. The van der Waals surface area contributed by atoms with Crippen molar-refractivity contribution in [2.24, 2.45) is 17.8 Å². The third-order valence-electron chi connectivity index (χ3n) is 4.57. The summed E-state index contributed by atoms with van der Waals surface area (Å²) in [6.07, 6.45) is 8.33. The van der Waals surface area contributed by atoms with Crippen LogP contribution in [0.25, 0.3) is 0 Å². The van der Waals surface area contributed by atoms with Crippen LogP contribution in [-0.4, -0.2) is 25.5 Å². The normalized spacial score (nSPS) is 30.7. The lowest BCUT2D eigenvalue weighted by molar-refractivity contribution is -0.121. The summed E-state index contributed by atoms with van der Waals surface area (Å²) in [4.78, 5) is 11.8. The van der Waals surface area contributed by atoms with Crippen molar-refractivity contribution in [3.05, 3.63) is 0 Å². The van der Waals surface area contributed by atoms with Crippen LogP contribution in [0.2, 0.25) is 0 Å². The fourth-order valence-corrected chi connectivity index (χ4v) is 3.39. The summed E-state index contributed by atoms with van der Waals surface area (Å²) in [6, 6.07) is 0. The first-order chi connectivity index (χ1) is 8.74. The minimum atomic E-state index is 0. The summed E-state index contributed by atoms with van der Waals surface area (Å²) >= 11 is 0. The van der Waals surface area contributed by atoms with Crippen molar-refractivity contribution in [3.63, 3.8) is 0 Å². The molecular formula is C15H29ClN2O. The van der Waals surface area contributed by atoms with E-state index in [1.165, 1.54) is 32.1 Å². The van der Waals surface area contributed by atoms with Gasteiger partial charge in [0, 0.05) is 13.0 Å². The van der Waals surface area contributed by atoms with Crippen molar-refractivity contribution in [3.8, 4) is 0 Å². The quantitative estimate of drug-likeness (QED) is 0.817. The largest absolute Gasteiger partial charge is 0.356 e. The van der Waals surface area contributed by atoms with Crippen molar-refractivity contribution >= 4 is 18.3 Å². The monoisotopic (exact) mass is 288 g/mol. The molecule has 0 aromatic heterocycles. The zero-order chi connectivity index (χ0) is 12.8. The fraction of sp³-hybridized carbons (Fsp3) is 0.933. The molecule has 1 saturated carbocycles. The van der Waals surface area contributed by atoms with Crippen molar-refractivity contribution in [2.45, 2.75) is 51.9 Å². The molecule has 2 aliphatic rings. The molecule has 0 aromatic carbocycles. The Morgan fingerprint density at radius 1 is 1.26 bits per heavy atom. The average Bonchev–Trinajstić information content (AvgIpc) is 2.87. The molecule has 0 spiro atoms. The van der Waals surface area contributed by atoms with E-state index in [-0.39, 0.29) is 18.3 Å². The lowest BCUT2D eigenvalue weighted by atomic mass is 9.82. The standard InChI is InChI=1S/C15H28N2O.ClH/c1-12-3-2-4-14(9-12)11-17-15(18)6-5-13-7-8-16-10-13;/h12-14,16H,2-11H2,1H3,(H,17,18);1H. The first-order valence-electron chi connectivity index (χ1n) is 7.71. The number of amides is 1. The van der Waals surface area contributed by atoms with Crippen molar-refractivity contribution in [1.29, 1.82) is 0 Å². The van der Waals surface area contributed by atoms with Gasteiger partial charge in [-0.15, -0.1) is 12.4 Å². The summed E-state index contributed by atoms with van der Waals surface area (Å²) < 4.78 is 0. The first-order valence-corrected chi connectivity index (χ1v) is 7.71. The van der Waals surface area contributed by atoms with Gasteiger partial charge in [0.2, 0.25) is 5.91 Å². The van der Waals surface area contributed by atoms with Crippen LogP contribution in [0.4, 0.5) is 0 Å². The highest BCUT2D eigenvalue weighted by Crippen LogP contribution is 2.27. The topological polar surface area (TPSA) is 41.1 Å². The van der Waals surface area contributed by atoms with Crippen LogP contribution in [0.1, 0.15) is 51.9 Å². The van der Waals surface area contributed by atoms with Gasteiger partial charge in [0.1, 0.15) is 0 Å². The zero-order valence-electron chi connectivity index (χ0n) is 12.1. The molecule has 3 unspecified atom stereocenters. The van der Waals surface area contributed by atoms with E-state index < -0.39 is 0 Å². The van der Waals surface area contributed by atoms with Gasteiger partial charge in [0.25, 0.3) is 0 Å². The number of nitrogens with one attached hydrogen (secondary N) is 2.